The number of alkyl halides is 3. The molecule has 0 spiro atoms. The number of rotatable bonds is 2. The summed E-state index contributed by atoms with van der Waals surface area (Å²) in [4.78, 5) is 8.28. The van der Waals surface area contributed by atoms with Crippen LogP contribution in [0.15, 0.2) is 18.5 Å². The number of hydrogen-bond acceptors (Lipinski definition) is 5. The Morgan fingerprint density at radius 1 is 1.29 bits per heavy atom. The molecule has 0 saturated carbocycles. The lowest BCUT2D eigenvalue weighted by molar-refractivity contribution is -0.141. The largest absolute Gasteiger partial charge is 0.435 e. The summed E-state index contributed by atoms with van der Waals surface area (Å²) in [6.07, 6.45) is -1.73. The van der Waals surface area contributed by atoms with E-state index in [1.165, 1.54) is 17.1 Å². The Kier molecular flexibility index (Phi) is 2.81. The highest BCUT2D eigenvalue weighted by atomic mass is 19.4. The third-order valence-corrected chi connectivity index (χ3v) is 2.90. The third kappa shape index (κ3) is 2.39. The van der Waals surface area contributed by atoms with E-state index in [1.807, 2.05) is 0 Å². The van der Waals surface area contributed by atoms with Crippen LogP contribution < -0.4 is 5.73 Å². The van der Waals surface area contributed by atoms with Crippen LogP contribution in [0, 0.1) is 0 Å². The van der Waals surface area contributed by atoms with E-state index in [4.69, 9.17) is 5.73 Å². The van der Waals surface area contributed by atoms with Crippen LogP contribution in [0.25, 0.3) is 11.0 Å². The van der Waals surface area contributed by atoms with Gasteiger partial charge >= 0.3 is 6.18 Å². The van der Waals surface area contributed by atoms with E-state index < -0.39 is 11.9 Å². The van der Waals surface area contributed by atoms with Gasteiger partial charge in [-0.25, -0.2) is 9.97 Å². The monoisotopic (exact) mass is 297 g/mol. The maximum atomic E-state index is 12.5. The molecule has 0 fully saturated rings. The predicted molar refractivity (Wildman–Crippen MR) is 67.0 cm³/mol. The summed E-state index contributed by atoms with van der Waals surface area (Å²) in [6, 6.07) is 0.895. The zero-order valence-electron chi connectivity index (χ0n) is 10.8. The number of nitrogens with zero attached hydrogens (tertiary/aromatic N) is 6. The van der Waals surface area contributed by atoms with E-state index in [0.717, 1.165) is 10.7 Å². The van der Waals surface area contributed by atoms with Crippen molar-refractivity contribution in [2.75, 3.05) is 5.73 Å². The van der Waals surface area contributed by atoms with Crippen molar-refractivity contribution in [3.8, 4) is 0 Å². The SMILES string of the molecule is Cn1ncc2c(N)nc(Cn3ccc(C(F)(F)F)n3)nc21. The Labute approximate surface area is 116 Å². The summed E-state index contributed by atoms with van der Waals surface area (Å²) in [5.74, 6) is 0.492. The Morgan fingerprint density at radius 2 is 2.05 bits per heavy atom. The molecule has 0 atom stereocenters. The first kappa shape index (κ1) is 13.3. The van der Waals surface area contributed by atoms with E-state index >= 15 is 0 Å². The molecule has 0 unspecified atom stereocenters. The Morgan fingerprint density at radius 3 is 2.71 bits per heavy atom. The number of anilines is 1. The second-order valence-corrected chi connectivity index (χ2v) is 4.43. The van der Waals surface area contributed by atoms with Gasteiger partial charge in [0.15, 0.2) is 17.2 Å². The van der Waals surface area contributed by atoms with Crippen LogP contribution in [0.4, 0.5) is 19.0 Å². The lowest BCUT2D eigenvalue weighted by Gasteiger charge is -2.04. The summed E-state index contributed by atoms with van der Waals surface area (Å²) >= 11 is 0. The standard InChI is InChI=1S/C11H10F3N7/c1-20-10-6(4-16-20)9(15)17-8(18-10)5-21-3-2-7(19-21)11(12,13)14/h2-4H,5H2,1H3,(H2,15,17,18). The molecule has 0 aliphatic heterocycles. The summed E-state index contributed by atoms with van der Waals surface area (Å²) in [5.41, 5.74) is 5.34. The minimum Gasteiger partial charge on any atom is -0.383 e. The van der Waals surface area contributed by atoms with Crippen molar-refractivity contribution in [2.45, 2.75) is 12.7 Å². The maximum Gasteiger partial charge on any atom is 0.435 e. The first-order valence-electron chi connectivity index (χ1n) is 5.89. The van der Waals surface area contributed by atoms with Crippen LogP contribution >= 0.6 is 0 Å². The molecule has 10 heteroatoms. The Hall–Kier alpha value is -2.65. The van der Waals surface area contributed by atoms with E-state index in [1.54, 1.807) is 7.05 Å². The van der Waals surface area contributed by atoms with Gasteiger partial charge in [0.2, 0.25) is 0 Å². The molecule has 110 valence electrons. The molecule has 0 bridgehead atoms. The predicted octanol–water partition coefficient (Wildman–Crippen LogP) is 1.21. The van der Waals surface area contributed by atoms with Crippen LogP contribution in [-0.4, -0.2) is 29.5 Å². The zero-order valence-corrected chi connectivity index (χ0v) is 10.8. The third-order valence-electron chi connectivity index (χ3n) is 2.90. The number of nitrogen functional groups attached to an aromatic ring is 1. The molecule has 0 aliphatic carbocycles. The fraction of sp³-hybridized carbons (Fsp3) is 0.273. The number of halogens is 3. The molecular weight excluding hydrogens is 287 g/mol. The molecule has 0 radical (unpaired) electrons. The van der Waals surface area contributed by atoms with Crippen LogP contribution in [0.1, 0.15) is 11.5 Å². The van der Waals surface area contributed by atoms with Gasteiger partial charge < -0.3 is 5.73 Å². The second-order valence-electron chi connectivity index (χ2n) is 4.43. The second kappa shape index (κ2) is 4.43. The van der Waals surface area contributed by atoms with Gasteiger partial charge in [-0.15, -0.1) is 0 Å². The van der Waals surface area contributed by atoms with Crippen molar-refractivity contribution in [2.24, 2.45) is 7.05 Å². The van der Waals surface area contributed by atoms with E-state index in [-0.39, 0.29) is 18.2 Å². The molecule has 21 heavy (non-hydrogen) atoms. The molecule has 0 aromatic carbocycles. The van der Waals surface area contributed by atoms with Crippen LogP contribution in [0.2, 0.25) is 0 Å². The minimum absolute atomic E-state index is 0.0125. The van der Waals surface area contributed by atoms with Gasteiger partial charge in [0.05, 0.1) is 11.6 Å². The van der Waals surface area contributed by atoms with Crippen molar-refractivity contribution in [1.29, 1.82) is 0 Å². The molecule has 0 saturated heterocycles. The lowest BCUT2D eigenvalue weighted by atomic mass is 10.4. The highest BCUT2D eigenvalue weighted by Crippen LogP contribution is 2.27. The molecular formula is C11H10F3N7. The summed E-state index contributed by atoms with van der Waals surface area (Å²) < 4.78 is 40.1. The van der Waals surface area contributed by atoms with Crippen molar-refractivity contribution >= 4 is 16.9 Å². The minimum atomic E-state index is -4.48. The number of aryl methyl sites for hydroxylation is 1. The molecule has 3 aromatic heterocycles. The average molecular weight is 297 g/mol. The zero-order chi connectivity index (χ0) is 15.2. The maximum absolute atomic E-state index is 12.5. The average Bonchev–Trinajstić information content (AvgIpc) is 2.97. The van der Waals surface area contributed by atoms with Gasteiger partial charge in [0, 0.05) is 13.2 Å². The van der Waals surface area contributed by atoms with Crippen molar-refractivity contribution in [3.05, 3.63) is 30.0 Å². The molecule has 2 N–H and O–H groups in total. The Balaban J connectivity index is 1.94. The fourth-order valence-electron chi connectivity index (χ4n) is 1.91. The first-order valence-corrected chi connectivity index (χ1v) is 5.89. The van der Waals surface area contributed by atoms with Crippen molar-refractivity contribution in [3.63, 3.8) is 0 Å². The molecule has 3 heterocycles. The normalized spacial score (nSPS) is 12.2. The molecule has 0 amide bonds. The number of nitrogens with two attached hydrogens (primary N) is 1. The highest BCUT2D eigenvalue weighted by molar-refractivity contribution is 5.84. The summed E-state index contributed by atoms with van der Waals surface area (Å²) in [6.45, 7) is -0.0125. The van der Waals surface area contributed by atoms with E-state index in [0.29, 0.717) is 11.0 Å². The van der Waals surface area contributed by atoms with Gasteiger partial charge in [0.25, 0.3) is 0 Å². The van der Waals surface area contributed by atoms with E-state index in [9.17, 15) is 13.2 Å². The first-order chi connectivity index (χ1) is 9.84. The number of fused-ring (bicyclic) bond motifs is 1. The molecule has 7 nitrogen and oxygen atoms in total. The molecule has 3 aromatic rings. The smallest absolute Gasteiger partial charge is 0.383 e. The summed E-state index contributed by atoms with van der Waals surface area (Å²) in [7, 11) is 1.69. The van der Waals surface area contributed by atoms with Crippen LogP contribution in [0.5, 0.6) is 0 Å². The van der Waals surface area contributed by atoms with Gasteiger partial charge in [0.1, 0.15) is 12.4 Å². The van der Waals surface area contributed by atoms with Crippen molar-refractivity contribution in [1.82, 2.24) is 29.5 Å². The van der Waals surface area contributed by atoms with Crippen LogP contribution in [-0.2, 0) is 19.8 Å². The van der Waals surface area contributed by atoms with Gasteiger partial charge in [-0.3, -0.25) is 9.36 Å². The molecule has 0 aliphatic rings. The quantitative estimate of drug-likeness (QED) is 0.768. The number of aromatic nitrogens is 6. The van der Waals surface area contributed by atoms with Gasteiger partial charge in [-0.05, 0) is 6.07 Å². The molecule has 3 rings (SSSR count). The van der Waals surface area contributed by atoms with Gasteiger partial charge in [-0.2, -0.15) is 23.4 Å². The van der Waals surface area contributed by atoms with E-state index in [2.05, 4.69) is 20.2 Å². The lowest BCUT2D eigenvalue weighted by Crippen LogP contribution is -2.11. The summed E-state index contributed by atoms with van der Waals surface area (Å²) in [5, 5.41) is 8.04. The van der Waals surface area contributed by atoms with Gasteiger partial charge in [-0.1, -0.05) is 0 Å². The highest BCUT2D eigenvalue weighted by Gasteiger charge is 2.33. The topological polar surface area (TPSA) is 87.4 Å². The van der Waals surface area contributed by atoms with Crippen LogP contribution in [0.3, 0.4) is 0 Å². The van der Waals surface area contributed by atoms with Crippen molar-refractivity contribution < 1.29 is 13.2 Å². The fourth-order valence-corrected chi connectivity index (χ4v) is 1.91. The Bertz CT molecular complexity index is 802. The number of hydrogen-bond donors (Lipinski definition) is 1.